The van der Waals surface area contributed by atoms with Gasteiger partial charge in [0.15, 0.2) is 11.6 Å². The number of aromatic nitrogens is 4. The Labute approximate surface area is 396 Å². The average Bonchev–Trinajstić information content (AvgIpc) is 4.19. The SMILES string of the molecule is C.N.N#CCCC(=O)c1ccc(-c2ccnc(Cl)n2)cc1.N#CCCC(=O)c1ccc(-c2ccnc(Nc3ccc(N4C[C@@H]5C[C@H]4CO5)cc3)n2)cc1.Nc1ccc(N2C[C@@H]3C[C@H]2CO3)cc1. The number of ether oxygens (including phenoxy) is 2. The molecule has 6 heterocycles. The monoisotopic (exact) mass is 919 g/mol. The predicted molar refractivity (Wildman–Crippen MR) is 262 cm³/mol. The van der Waals surface area contributed by atoms with Gasteiger partial charge in [-0.1, -0.05) is 56.0 Å². The van der Waals surface area contributed by atoms with Crippen molar-refractivity contribution < 1.29 is 19.1 Å². The minimum Gasteiger partial charge on any atom is -0.399 e. The molecule has 4 fully saturated rings. The standard InChI is InChI=1S/C25H23N5O2.C14H10ClN3O.C11H14N2O.CH4.H3N/c26-12-1-2-24(31)18-5-3-17(4-6-18)23-11-13-27-25(29-23)28-19-7-9-20(10-8-19)30-15-22-14-21(30)16-32-22;15-14-17-9-7-12(18-14)10-3-5-11(6-4-10)13(19)2-1-8-16;12-8-1-3-9(4-2-8)13-6-11-5-10(13)7-14-11;;/h3-11,13,21-22H,1-2,14-16H2,(H,27,28,29);3-7,9H,1-2H2;1-4,10-11H,5-7,12H2;1H4;1H3/t21-,22-;;10-,11-;;/m0.0../s1. The molecule has 16 heteroatoms. The fraction of sp³-hybridized carbons (Fsp3) is 0.294. The van der Waals surface area contributed by atoms with Crippen LogP contribution in [-0.2, 0) is 9.47 Å². The topological polar surface area (TPSA) is 231 Å². The largest absolute Gasteiger partial charge is 0.399 e. The molecule has 0 unspecified atom stereocenters. The molecule has 4 aromatic carbocycles. The van der Waals surface area contributed by atoms with Crippen molar-refractivity contribution in [3.63, 3.8) is 0 Å². The molecule has 4 saturated heterocycles. The number of rotatable bonds is 12. The van der Waals surface area contributed by atoms with Gasteiger partial charge >= 0.3 is 0 Å². The maximum atomic E-state index is 12.1. The first-order valence-electron chi connectivity index (χ1n) is 21.5. The highest BCUT2D eigenvalue weighted by atomic mass is 35.5. The number of carbonyl (C=O) groups is 2. The van der Waals surface area contributed by atoms with Gasteiger partial charge in [-0.25, -0.2) is 19.9 Å². The second kappa shape index (κ2) is 23.3. The summed E-state index contributed by atoms with van der Waals surface area (Å²) in [5.74, 6) is 0.452. The number of ketones is 2. The van der Waals surface area contributed by atoms with E-state index in [1.807, 2.05) is 54.6 Å². The summed E-state index contributed by atoms with van der Waals surface area (Å²) in [6, 6.07) is 39.4. The van der Waals surface area contributed by atoms with Crippen LogP contribution in [-0.4, -0.2) is 82.1 Å². The summed E-state index contributed by atoms with van der Waals surface area (Å²) in [6.07, 6.45) is 7.38. The average molecular weight is 921 g/mol. The molecule has 344 valence electrons. The first-order chi connectivity index (χ1) is 31.7. The zero-order chi connectivity index (χ0) is 45.1. The van der Waals surface area contributed by atoms with Crippen LogP contribution in [0.3, 0.4) is 0 Å². The summed E-state index contributed by atoms with van der Waals surface area (Å²) >= 11 is 5.73. The van der Waals surface area contributed by atoms with E-state index in [2.05, 4.69) is 59.3 Å². The molecule has 0 aliphatic carbocycles. The summed E-state index contributed by atoms with van der Waals surface area (Å²) in [5, 5.41) is 20.6. The van der Waals surface area contributed by atoms with Crippen LogP contribution < -0.4 is 27.0 Å². The van der Waals surface area contributed by atoms with Crippen molar-refractivity contribution in [2.24, 2.45) is 0 Å². The number of morpholine rings is 2. The number of nitrogens with one attached hydrogen (secondary N) is 1. The number of carbonyl (C=O) groups excluding carboxylic acids is 2. The van der Waals surface area contributed by atoms with Crippen molar-refractivity contribution >= 4 is 51.9 Å². The number of anilines is 5. The van der Waals surface area contributed by atoms with Gasteiger partial charge in [0.1, 0.15) is 0 Å². The lowest BCUT2D eigenvalue weighted by Crippen LogP contribution is -2.36. The fourth-order valence-corrected chi connectivity index (χ4v) is 8.47. The molecule has 4 atom stereocenters. The molecule has 4 bridgehead atoms. The van der Waals surface area contributed by atoms with Gasteiger partial charge in [0, 0.05) is 96.2 Å². The van der Waals surface area contributed by atoms with E-state index in [1.54, 1.807) is 54.9 Å². The van der Waals surface area contributed by atoms with Gasteiger partial charge < -0.3 is 36.5 Å². The Kier molecular flexibility index (Phi) is 17.1. The molecule has 4 aliphatic rings. The van der Waals surface area contributed by atoms with Crippen LogP contribution in [0.4, 0.5) is 28.7 Å². The molecular weight excluding hydrogens is 866 g/mol. The molecule has 10 rings (SSSR count). The minimum atomic E-state index is -0.0335. The predicted octanol–water partition coefficient (Wildman–Crippen LogP) is 9.68. The lowest BCUT2D eigenvalue weighted by Gasteiger charge is -2.29. The Bertz CT molecular complexity index is 2670. The molecule has 6 N–H and O–H groups in total. The van der Waals surface area contributed by atoms with Crippen LogP contribution >= 0.6 is 11.6 Å². The Balaban J connectivity index is 0.000000180. The van der Waals surface area contributed by atoms with Crippen LogP contribution in [0.2, 0.25) is 5.28 Å². The third-order valence-electron chi connectivity index (χ3n) is 11.7. The van der Waals surface area contributed by atoms with E-state index in [-0.39, 0.29) is 56.1 Å². The van der Waals surface area contributed by atoms with Crippen LogP contribution in [0.25, 0.3) is 22.5 Å². The van der Waals surface area contributed by atoms with E-state index in [0.717, 1.165) is 60.9 Å². The number of hydrogen-bond acceptors (Lipinski definition) is 15. The molecule has 0 amide bonds. The maximum Gasteiger partial charge on any atom is 0.227 e. The molecule has 2 aromatic heterocycles. The number of nitrogens with two attached hydrogens (primary N) is 1. The molecule has 0 spiro atoms. The van der Waals surface area contributed by atoms with Gasteiger partial charge in [0.2, 0.25) is 11.2 Å². The fourth-order valence-electron chi connectivity index (χ4n) is 8.32. The second-order valence-corrected chi connectivity index (χ2v) is 16.4. The number of benzene rings is 4. The van der Waals surface area contributed by atoms with Gasteiger partial charge in [0.05, 0.1) is 61.0 Å². The van der Waals surface area contributed by atoms with Crippen molar-refractivity contribution in [1.82, 2.24) is 26.1 Å². The van der Waals surface area contributed by atoms with E-state index < -0.39 is 0 Å². The van der Waals surface area contributed by atoms with Crippen LogP contribution in [0, 0.1) is 22.7 Å². The van der Waals surface area contributed by atoms with E-state index in [9.17, 15) is 9.59 Å². The van der Waals surface area contributed by atoms with E-state index >= 15 is 0 Å². The molecule has 4 aliphatic heterocycles. The van der Waals surface area contributed by atoms with Crippen molar-refractivity contribution in [2.75, 3.05) is 47.2 Å². The molecule has 15 nitrogen and oxygen atoms in total. The van der Waals surface area contributed by atoms with Crippen LogP contribution in [0.1, 0.15) is 66.7 Å². The van der Waals surface area contributed by atoms with E-state index in [0.29, 0.717) is 47.1 Å². The Morgan fingerprint density at radius 1 is 0.672 bits per heavy atom. The number of nitrogen functional groups attached to an aromatic ring is 1. The number of nitriles is 2. The van der Waals surface area contributed by atoms with Crippen molar-refractivity contribution in [3.8, 4) is 34.7 Å². The number of fused-ring (bicyclic) bond motifs is 4. The summed E-state index contributed by atoms with van der Waals surface area (Å²) < 4.78 is 11.2. The molecule has 0 radical (unpaired) electrons. The highest BCUT2D eigenvalue weighted by Gasteiger charge is 2.39. The van der Waals surface area contributed by atoms with Gasteiger partial charge in [-0.2, -0.15) is 10.5 Å². The second-order valence-electron chi connectivity index (χ2n) is 16.1. The van der Waals surface area contributed by atoms with Crippen molar-refractivity contribution in [3.05, 3.63) is 138 Å². The maximum absolute atomic E-state index is 12.1. The Morgan fingerprint density at radius 2 is 1.13 bits per heavy atom. The Morgan fingerprint density at radius 3 is 1.57 bits per heavy atom. The summed E-state index contributed by atoms with van der Waals surface area (Å²) in [7, 11) is 0. The molecule has 67 heavy (non-hydrogen) atoms. The number of halogens is 1. The van der Waals surface area contributed by atoms with Gasteiger partial charge in [0.25, 0.3) is 0 Å². The van der Waals surface area contributed by atoms with E-state index in [4.69, 9.17) is 37.3 Å². The lowest BCUT2D eigenvalue weighted by atomic mass is 10.0. The summed E-state index contributed by atoms with van der Waals surface area (Å²) in [5.41, 5.74) is 14.3. The summed E-state index contributed by atoms with van der Waals surface area (Å²) in [6.45, 7) is 3.70. The zero-order valence-electron chi connectivity index (χ0n) is 36.3. The zero-order valence-corrected chi connectivity index (χ0v) is 37.1. The highest BCUT2D eigenvalue weighted by Crippen LogP contribution is 2.34. The number of Topliss-reactive ketones (excluding diaryl/α,β-unsaturated/α-hetero) is 2. The summed E-state index contributed by atoms with van der Waals surface area (Å²) in [4.78, 5) is 45.5. The lowest BCUT2D eigenvalue weighted by molar-refractivity contribution is 0.0976. The normalized spacial score (nSPS) is 18.1. The molecule has 0 saturated carbocycles. The number of hydrogen-bond donors (Lipinski definition) is 3. The first kappa shape index (κ1) is 49.2. The third-order valence-corrected chi connectivity index (χ3v) is 11.9. The van der Waals surface area contributed by atoms with Crippen LogP contribution in [0.15, 0.2) is 122 Å². The van der Waals surface area contributed by atoms with Gasteiger partial charge in [-0.15, -0.1) is 0 Å². The minimum absolute atomic E-state index is 0. The molecular formula is C51H54ClN11O4. The first-order valence-corrected chi connectivity index (χ1v) is 21.9. The van der Waals surface area contributed by atoms with Crippen molar-refractivity contribution in [2.45, 2.75) is 70.2 Å². The number of nitrogens with zero attached hydrogens (tertiary/aromatic N) is 8. The van der Waals surface area contributed by atoms with Crippen LogP contribution in [0.5, 0.6) is 0 Å². The highest BCUT2D eigenvalue weighted by molar-refractivity contribution is 6.28. The smallest absolute Gasteiger partial charge is 0.227 e. The van der Waals surface area contributed by atoms with Gasteiger partial charge in [-0.05, 0) is 85.1 Å². The molecule has 6 aromatic rings. The van der Waals surface area contributed by atoms with E-state index in [1.165, 1.54) is 17.8 Å². The van der Waals surface area contributed by atoms with Gasteiger partial charge in [-0.3, -0.25) is 9.59 Å². The third kappa shape index (κ3) is 12.5. The van der Waals surface area contributed by atoms with Crippen molar-refractivity contribution in [1.29, 1.82) is 10.5 Å². The Hall–Kier alpha value is -7.27. The quantitative estimate of drug-likeness (QED) is 0.0589.